The molecule has 1 saturated carbocycles. The van der Waals surface area contributed by atoms with E-state index in [-0.39, 0.29) is 6.10 Å². The summed E-state index contributed by atoms with van der Waals surface area (Å²) < 4.78 is 10.8. The first-order valence-electron chi connectivity index (χ1n) is 6.42. The fourth-order valence-electron chi connectivity index (χ4n) is 2.24. The summed E-state index contributed by atoms with van der Waals surface area (Å²) in [6, 6.07) is 5.66. The second-order valence-electron chi connectivity index (χ2n) is 5.03. The summed E-state index contributed by atoms with van der Waals surface area (Å²) in [6.45, 7) is 1.99. The van der Waals surface area contributed by atoms with Gasteiger partial charge >= 0.3 is 0 Å². The SMILES string of the molecule is COC(c1noc(-c2cc(N)ccc2C)n1)C1CC1. The van der Waals surface area contributed by atoms with E-state index in [1.165, 1.54) is 12.8 Å². The lowest BCUT2D eigenvalue weighted by atomic mass is 10.1. The highest BCUT2D eigenvalue weighted by atomic mass is 16.5. The summed E-state index contributed by atoms with van der Waals surface area (Å²) in [6.07, 6.45) is 2.28. The third kappa shape index (κ3) is 2.33. The number of nitrogens with zero attached hydrogens (tertiary/aromatic N) is 2. The summed E-state index contributed by atoms with van der Waals surface area (Å²) >= 11 is 0. The molecule has 0 aliphatic heterocycles. The zero-order valence-corrected chi connectivity index (χ0v) is 11.1. The maximum absolute atomic E-state index is 5.80. The van der Waals surface area contributed by atoms with Crippen LogP contribution in [-0.2, 0) is 4.74 Å². The first-order chi connectivity index (χ1) is 9.19. The molecule has 5 heteroatoms. The van der Waals surface area contributed by atoms with E-state index in [0.29, 0.717) is 23.3 Å². The van der Waals surface area contributed by atoms with Crippen molar-refractivity contribution < 1.29 is 9.26 Å². The molecule has 5 nitrogen and oxygen atoms in total. The molecule has 1 atom stereocenters. The number of anilines is 1. The molecular weight excluding hydrogens is 242 g/mol. The largest absolute Gasteiger partial charge is 0.399 e. The van der Waals surface area contributed by atoms with Crippen molar-refractivity contribution in [1.82, 2.24) is 10.1 Å². The van der Waals surface area contributed by atoms with Crippen molar-refractivity contribution in [2.75, 3.05) is 12.8 Å². The Bertz CT molecular complexity index is 590. The molecule has 1 aliphatic carbocycles. The lowest BCUT2D eigenvalue weighted by molar-refractivity contribution is 0.0751. The number of hydrogen-bond acceptors (Lipinski definition) is 5. The molecule has 1 heterocycles. The van der Waals surface area contributed by atoms with Crippen molar-refractivity contribution in [1.29, 1.82) is 0 Å². The Labute approximate surface area is 111 Å². The number of nitrogens with two attached hydrogens (primary N) is 1. The summed E-state index contributed by atoms with van der Waals surface area (Å²) in [4.78, 5) is 4.46. The van der Waals surface area contributed by atoms with Crippen molar-refractivity contribution in [2.24, 2.45) is 5.92 Å². The Kier molecular flexibility index (Phi) is 2.98. The number of methoxy groups -OCH3 is 1. The molecule has 0 saturated heterocycles. The number of aromatic nitrogens is 2. The fourth-order valence-corrected chi connectivity index (χ4v) is 2.24. The van der Waals surface area contributed by atoms with Gasteiger partial charge in [-0.25, -0.2) is 0 Å². The van der Waals surface area contributed by atoms with E-state index >= 15 is 0 Å². The van der Waals surface area contributed by atoms with E-state index in [4.69, 9.17) is 15.0 Å². The quantitative estimate of drug-likeness (QED) is 0.854. The lowest BCUT2D eigenvalue weighted by Gasteiger charge is -2.08. The Morgan fingerprint density at radius 1 is 1.42 bits per heavy atom. The van der Waals surface area contributed by atoms with Crippen LogP contribution in [0, 0.1) is 12.8 Å². The van der Waals surface area contributed by atoms with Gasteiger partial charge in [0.2, 0.25) is 5.82 Å². The second-order valence-corrected chi connectivity index (χ2v) is 5.03. The van der Waals surface area contributed by atoms with E-state index in [2.05, 4.69) is 10.1 Å². The number of rotatable bonds is 4. The zero-order valence-electron chi connectivity index (χ0n) is 11.1. The van der Waals surface area contributed by atoms with Gasteiger partial charge < -0.3 is 15.0 Å². The van der Waals surface area contributed by atoms with Gasteiger partial charge in [0, 0.05) is 18.4 Å². The maximum atomic E-state index is 5.80. The van der Waals surface area contributed by atoms with Crippen molar-refractivity contribution >= 4 is 5.69 Å². The van der Waals surface area contributed by atoms with Gasteiger partial charge in [-0.3, -0.25) is 0 Å². The number of aryl methyl sites for hydroxylation is 1. The Morgan fingerprint density at radius 2 is 2.21 bits per heavy atom. The van der Waals surface area contributed by atoms with E-state index < -0.39 is 0 Å². The highest BCUT2D eigenvalue weighted by molar-refractivity contribution is 5.63. The fraction of sp³-hybridized carbons (Fsp3) is 0.429. The Balaban J connectivity index is 1.94. The molecule has 1 unspecified atom stereocenters. The minimum atomic E-state index is -0.0566. The van der Waals surface area contributed by atoms with Gasteiger partial charge in [-0.2, -0.15) is 4.98 Å². The van der Waals surface area contributed by atoms with Crippen molar-refractivity contribution in [3.8, 4) is 11.5 Å². The minimum absolute atomic E-state index is 0.0566. The summed E-state index contributed by atoms with van der Waals surface area (Å²) in [7, 11) is 1.69. The highest BCUT2D eigenvalue weighted by Gasteiger charge is 2.35. The Morgan fingerprint density at radius 3 is 2.89 bits per heavy atom. The van der Waals surface area contributed by atoms with Crippen molar-refractivity contribution in [3.05, 3.63) is 29.6 Å². The number of hydrogen-bond donors (Lipinski definition) is 1. The first-order valence-corrected chi connectivity index (χ1v) is 6.42. The van der Waals surface area contributed by atoms with Gasteiger partial charge in [-0.1, -0.05) is 11.2 Å². The molecule has 1 aliphatic rings. The monoisotopic (exact) mass is 259 g/mol. The summed E-state index contributed by atoms with van der Waals surface area (Å²) in [5, 5.41) is 4.04. The van der Waals surface area contributed by atoms with Crippen LogP contribution in [0.3, 0.4) is 0 Å². The molecule has 2 N–H and O–H groups in total. The normalized spacial score (nSPS) is 16.5. The third-order valence-electron chi connectivity index (χ3n) is 3.49. The molecular formula is C14H17N3O2. The standard InChI is InChI=1S/C14H17N3O2/c1-8-3-6-10(15)7-11(8)14-16-13(17-19-14)12(18-2)9-4-5-9/h3,6-7,9,12H,4-5,15H2,1-2H3. The van der Waals surface area contributed by atoms with Gasteiger partial charge in [0.15, 0.2) is 0 Å². The molecule has 3 rings (SSSR count). The van der Waals surface area contributed by atoms with Crippen LogP contribution >= 0.6 is 0 Å². The molecule has 0 spiro atoms. The average Bonchev–Trinajstić information content (AvgIpc) is 3.11. The molecule has 100 valence electrons. The molecule has 2 aromatic rings. The van der Waals surface area contributed by atoms with E-state index in [1.807, 2.05) is 25.1 Å². The number of ether oxygens (including phenoxy) is 1. The van der Waals surface area contributed by atoms with Crippen molar-refractivity contribution in [3.63, 3.8) is 0 Å². The average molecular weight is 259 g/mol. The molecule has 1 fully saturated rings. The summed E-state index contributed by atoms with van der Waals surface area (Å²) in [5.74, 6) is 1.65. The van der Waals surface area contributed by atoms with Crippen LogP contribution in [0.15, 0.2) is 22.7 Å². The van der Waals surface area contributed by atoms with Gasteiger partial charge in [0.25, 0.3) is 5.89 Å². The van der Waals surface area contributed by atoms with Crippen LogP contribution in [0.2, 0.25) is 0 Å². The smallest absolute Gasteiger partial charge is 0.258 e. The van der Waals surface area contributed by atoms with Gasteiger partial charge in [0.1, 0.15) is 6.10 Å². The maximum Gasteiger partial charge on any atom is 0.258 e. The molecule has 0 bridgehead atoms. The summed E-state index contributed by atoms with van der Waals surface area (Å²) in [5.41, 5.74) is 8.43. The van der Waals surface area contributed by atoms with Crippen LogP contribution in [0.5, 0.6) is 0 Å². The van der Waals surface area contributed by atoms with Crippen LogP contribution < -0.4 is 5.73 Å². The van der Waals surface area contributed by atoms with Crippen LogP contribution in [-0.4, -0.2) is 17.3 Å². The molecule has 0 radical (unpaired) electrons. The second kappa shape index (κ2) is 4.66. The predicted octanol–water partition coefficient (Wildman–Crippen LogP) is 2.72. The number of benzene rings is 1. The van der Waals surface area contributed by atoms with Gasteiger partial charge in [-0.05, 0) is 43.4 Å². The topological polar surface area (TPSA) is 74.2 Å². The molecule has 0 amide bonds. The van der Waals surface area contributed by atoms with Crippen LogP contribution in [0.4, 0.5) is 5.69 Å². The van der Waals surface area contributed by atoms with E-state index in [1.54, 1.807) is 7.11 Å². The van der Waals surface area contributed by atoms with Crippen molar-refractivity contribution in [2.45, 2.75) is 25.9 Å². The van der Waals surface area contributed by atoms with Gasteiger partial charge in [0.05, 0.1) is 0 Å². The van der Waals surface area contributed by atoms with E-state index in [0.717, 1.165) is 11.1 Å². The Hall–Kier alpha value is -1.88. The van der Waals surface area contributed by atoms with E-state index in [9.17, 15) is 0 Å². The van der Waals surface area contributed by atoms with Crippen LogP contribution in [0.25, 0.3) is 11.5 Å². The molecule has 19 heavy (non-hydrogen) atoms. The van der Waals surface area contributed by atoms with Crippen LogP contribution in [0.1, 0.15) is 30.3 Å². The lowest BCUT2D eigenvalue weighted by Crippen LogP contribution is -2.05. The minimum Gasteiger partial charge on any atom is -0.399 e. The predicted molar refractivity (Wildman–Crippen MR) is 71.4 cm³/mol. The molecule has 1 aromatic carbocycles. The highest BCUT2D eigenvalue weighted by Crippen LogP contribution is 2.42. The first kappa shape index (κ1) is 12.2. The molecule has 1 aromatic heterocycles. The number of nitrogen functional groups attached to an aromatic ring is 1. The zero-order chi connectivity index (χ0) is 13.4. The third-order valence-corrected chi connectivity index (χ3v) is 3.49. The van der Waals surface area contributed by atoms with Gasteiger partial charge in [-0.15, -0.1) is 0 Å².